The first kappa shape index (κ1) is 19.2. The van der Waals surface area contributed by atoms with Crippen LogP contribution in [0.15, 0.2) is 107 Å². The van der Waals surface area contributed by atoms with Crippen LogP contribution in [0.25, 0.3) is 0 Å². The highest BCUT2D eigenvalue weighted by molar-refractivity contribution is 5.77. The maximum absolute atomic E-state index is 5.29. The van der Waals surface area contributed by atoms with E-state index in [0.29, 0.717) is 0 Å². The molecule has 3 aliphatic rings. The molecular weight excluding hydrogens is 420 g/mol. The largest absolute Gasteiger partial charge is 0.590 e. The fourth-order valence-corrected chi connectivity index (χ4v) is 5.59. The van der Waals surface area contributed by atoms with Crippen molar-refractivity contribution >= 4 is 34.1 Å². The van der Waals surface area contributed by atoms with E-state index in [9.17, 15) is 0 Å². The summed E-state index contributed by atoms with van der Waals surface area (Å²) in [5.74, 6) is -0.873. The standard InChI is InChI=1S/C28H24N6/c1-31-26-19-20-16-17-24(26)29-33(22-11-5-3-6-12-22)28(31)32(2)27-21(18-20)10-9-15-25(27)30-34(28)23-13-7-4-8-14-23/h3-17,19H,18H2,1-2H3/q+2/t28-/m0/s1. The van der Waals surface area contributed by atoms with Crippen LogP contribution in [0.3, 0.4) is 0 Å². The van der Waals surface area contributed by atoms with Crippen LogP contribution in [0.1, 0.15) is 11.1 Å². The molecule has 34 heavy (non-hydrogen) atoms. The Labute approximate surface area is 198 Å². The van der Waals surface area contributed by atoms with Crippen LogP contribution in [0.4, 0.5) is 34.1 Å². The van der Waals surface area contributed by atoms with E-state index >= 15 is 0 Å². The second-order valence-electron chi connectivity index (χ2n) is 9.00. The highest BCUT2D eigenvalue weighted by Gasteiger charge is 2.71. The Morgan fingerprint density at radius 1 is 0.676 bits per heavy atom. The summed E-state index contributed by atoms with van der Waals surface area (Å²) in [6, 6.07) is 33.8. The van der Waals surface area contributed by atoms with E-state index in [-0.39, 0.29) is 0 Å². The molecule has 0 aromatic heterocycles. The van der Waals surface area contributed by atoms with Crippen molar-refractivity contribution in [1.82, 2.24) is 0 Å². The van der Waals surface area contributed by atoms with Gasteiger partial charge in [-0.15, -0.1) is 0 Å². The van der Waals surface area contributed by atoms with Gasteiger partial charge in [0.05, 0.1) is 11.4 Å². The van der Waals surface area contributed by atoms with Gasteiger partial charge in [0.2, 0.25) is 11.4 Å². The Morgan fingerprint density at radius 2 is 1.32 bits per heavy atom. The molecule has 0 unspecified atom stereocenters. The Balaban J connectivity index is 1.67. The molecule has 3 aliphatic heterocycles. The molecule has 3 heterocycles. The molecule has 4 aromatic carbocycles. The van der Waals surface area contributed by atoms with Gasteiger partial charge in [-0.25, -0.2) is 9.80 Å². The van der Waals surface area contributed by atoms with Gasteiger partial charge in [-0.1, -0.05) is 54.6 Å². The maximum Gasteiger partial charge on any atom is 0.590 e. The van der Waals surface area contributed by atoms with Crippen molar-refractivity contribution in [1.29, 1.82) is 0 Å². The molecule has 0 saturated carbocycles. The summed E-state index contributed by atoms with van der Waals surface area (Å²) in [5, 5.41) is 10.5. The summed E-state index contributed by atoms with van der Waals surface area (Å²) in [6.07, 6.45) is 0.844. The number of hydrogen-bond donors (Lipinski definition) is 0. The molecule has 0 aliphatic carbocycles. The zero-order valence-electron chi connectivity index (χ0n) is 19.1. The van der Waals surface area contributed by atoms with Crippen LogP contribution in [0.5, 0.6) is 0 Å². The SMILES string of the molecule is CN1c2cc3ccc2N=[N+](c2ccccc2)[C@@]12N(C)c1c(cccc1N=[N+]2c1ccccc1)C3. The molecule has 0 amide bonds. The van der Waals surface area contributed by atoms with Gasteiger partial charge in [0.15, 0.2) is 11.4 Å². The lowest BCUT2D eigenvalue weighted by atomic mass is 10.0. The third kappa shape index (κ3) is 2.40. The number of anilines is 2. The molecule has 0 radical (unpaired) electrons. The Hall–Kier alpha value is -4.32. The summed E-state index contributed by atoms with van der Waals surface area (Å²) in [5.41, 5.74) is 8.62. The van der Waals surface area contributed by atoms with E-state index in [2.05, 4.69) is 118 Å². The van der Waals surface area contributed by atoms with Crippen LogP contribution in [-0.4, -0.2) is 29.4 Å². The molecule has 7 rings (SSSR count). The normalized spacial score (nSPS) is 19.7. The number of benzene rings is 4. The maximum atomic E-state index is 5.29. The van der Waals surface area contributed by atoms with Crippen molar-refractivity contribution < 1.29 is 9.39 Å². The van der Waals surface area contributed by atoms with Gasteiger partial charge in [-0.2, -0.15) is 0 Å². The predicted octanol–water partition coefficient (Wildman–Crippen LogP) is 6.66. The average molecular weight is 445 g/mol. The summed E-state index contributed by atoms with van der Waals surface area (Å²) < 4.78 is 4.22. The van der Waals surface area contributed by atoms with Gasteiger partial charge in [0.1, 0.15) is 0 Å². The number of rotatable bonds is 2. The molecule has 6 nitrogen and oxygen atoms in total. The van der Waals surface area contributed by atoms with Gasteiger partial charge in [0.25, 0.3) is 0 Å². The molecular formula is C28H24N6+2. The van der Waals surface area contributed by atoms with Crippen molar-refractivity contribution in [2.45, 2.75) is 12.3 Å². The van der Waals surface area contributed by atoms with Crippen LogP contribution in [0, 0.1) is 0 Å². The van der Waals surface area contributed by atoms with E-state index in [1.54, 1.807) is 0 Å². The van der Waals surface area contributed by atoms with Gasteiger partial charge in [-0.05, 0) is 35.7 Å². The first-order valence-corrected chi connectivity index (χ1v) is 11.5. The van der Waals surface area contributed by atoms with E-state index in [1.165, 1.54) is 11.1 Å². The van der Waals surface area contributed by atoms with Crippen LogP contribution < -0.4 is 9.80 Å². The first-order chi connectivity index (χ1) is 16.7. The van der Waals surface area contributed by atoms with Crippen molar-refractivity contribution in [3.63, 3.8) is 0 Å². The highest BCUT2D eigenvalue weighted by atomic mass is 15.7. The zero-order chi connectivity index (χ0) is 22.9. The van der Waals surface area contributed by atoms with E-state index in [4.69, 9.17) is 10.2 Å². The van der Waals surface area contributed by atoms with Gasteiger partial charge in [-0.3, -0.25) is 0 Å². The van der Waals surface area contributed by atoms with E-state index in [1.807, 2.05) is 12.1 Å². The van der Waals surface area contributed by atoms with Crippen molar-refractivity contribution in [2.75, 3.05) is 23.9 Å². The smallest absolute Gasteiger partial charge is 0.228 e. The van der Waals surface area contributed by atoms with Crippen molar-refractivity contribution in [2.24, 2.45) is 10.2 Å². The summed E-state index contributed by atoms with van der Waals surface area (Å²) in [4.78, 5) is 4.65. The lowest BCUT2D eigenvalue weighted by Crippen LogP contribution is -2.71. The molecule has 0 fully saturated rings. The molecule has 164 valence electrons. The topological polar surface area (TPSA) is 37.2 Å². The Kier molecular flexibility index (Phi) is 3.86. The van der Waals surface area contributed by atoms with E-state index < -0.39 is 5.91 Å². The second kappa shape index (κ2) is 6.84. The summed E-state index contributed by atoms with van der Waals surface area (Å²) in [6.45, 7) is 0. The fourth-order valence-electron chi connectivity index (χ4n) is 5.59. The predicted molar refractivity (Wildman–Crippen MR) is 132 cm³/mol. The number of hydrogen-bond acceptors (Lipinski definition) is 4. The third-order valence-electron chi connectivity index (χ3n) is 7.11. The number of fused-ring (bicyclic) bond motifs is 1. The summed E-state index contributed by atoms with van der Waals surface area (Å²) >= 11 is 0. The minimum absolute atomic E-state index is 0.844. The van der Waals surface area contributed by atoms with Gasteiger partial charge >= 0.3 is 5.91 Å². The highest BCUT2D eigenvalue weighted by Crippen LogP contribution is 2.52. The van der Waals surface area contributed by atoms with Gasteiger partial charge in [0, 0.05) is 58.0 Å². The lowest BCUT2D eigenvalue weighted by Gasteiger charge is -2.41. The van der Waals surface area contributed by atoms with Crippen LogP contribution in [0.2, 0.25) is 0 Å². The molecule has 0 N–H and O–H groups in total. The molecule has 1 spiro atoms. The average Bonchev–Trinajstić information content (AvgIpc) is 2.89. The minimum Gasteiger partial charge on any atom is -0.228 e. The van der Waals surface area contributed by atoms with Crippen LogP contribution >= 0.6 is 0 Å². The quantitative estimate of drug-likeness (QED) is 0.324. The lowest BCUT2D eigenvalue weighted by molar-refractivity contribution is -0.815. The monoisotopic (exact) mass is 444 g/mol. The fraction of sp³-hybridized carbons (Fsp3) is 0.143. The molecule has 0 saturated heterocycles. The van der Waals surface area contributed by atoms with E-state index in [0.717, 1.165) is 40.5 Å². The molecule has 6 heteroatoms. The first-order valence-electron chi connectivity index (χ1n) is 11.5. The molecule has 4 bridgehead atoms. The zero-order valence-corrected chi connectivity index (χ0v) is 19.1. The molecule has 4 aromatic rings. The second-order valence-corrected chi connectivity index (χ2v) is 9.00. The van der Waals surface area contributed by atoms with Crippen LogP contribution in [-0.2, 0) is 6.42 Å². The Morgan fingerprint density at radius 3 is 2.00 bits per heavy atom. The molecule has 1 atom stereocenters. The summed E-state index contributed by atoms with van der Waals surface area (Å²) in [7, 11) is 4.31. The van der Waals surface area contributed by atoms with Crippen molar-refractivity contribution in [3.05, 3.63) is 108 Å². The number of nitrogens with zero attached hydrogens (tertiary/aromatic N) is 6. The van der Waals surface area contributed by atoms with Crippen molar-refractivity contribution in [3.8, 4) is 0 Å². The number of azo groups is 4. The Bertz CT molecular complexity index is 1510. The minimum atomic E-state index is -0.873. The third-order valence-corrected chi connectivity index (χ3v) is 7.11. The number of para-hydroxylation sites is 3. The van der Waals surface area contributed by atoms with Gasteiger partial charge < -0.3 is 0 Å².